The van der Waals surface area contributed by atoms with E-state index >= 15 is 0 Å². The second kappa shape index (κ2) is 14.7. The normalized spacial score (nSPS) is 32.4. The molecule has 2 aromatic rings. The Morgan fingerprint density at radius 1 is 0.630 bits per heavy atom. The summed E-state index contributed by atoms with van der Waals surface area (Å²) in [5.41, 5.74) is 1.45. The number of rotatable bonds is 10. The van der Waals surface area contributed by atoms with Gasteiger partial charge in [-0.05, 0) is 53.5 Å². The summed E-state index contributed by atoms with van der Waals surface area (Å²) in [6.45, 7) is 9.38. The summed E-state index contributed by atoms with van der Waals surface area (Å²) in [6.07, 6.45) is -10.5. The molecule has 2 aliphatic rings. The number of aliphatic hydroxyl groups excluding tert-OH is 8. The van der Waals surface area contributed by atoms with Crippen LogP contribution in [-0.4, -0.2) is 124 Å². The van der Waals surface area contributed by atoms with E-state index in [-0.39, 0.29) is 10.8 Å². The second-order valence-corrected chi connectivity index (χ2v) is 17.9. The molecule has 2 fully saturated rings. The van der Waals surface area contributed by atoms with Gasteiger partial charge in [-0.3, -0.25) is 0 Å². The first-order valence-electron chi connectivity index (χ1n) is 15.1. The molecule has 2 aromatic carbocycles. The summed E-state index contributed by atoms with van der Waals surface area (Å²) in [7, 11) is -2.28. The van der Waals surface area contributed by atoms with Crippen molar-refractivity contribution in [2.45, 2.75) is 100 Å². The van der Waals surface area contributed by atoms with Gasteiger partial charge in [0.1, 0.15) is 66.1 Å². The molecule has 256 valence electrons. The fourth-order valence-electron chi connectivity index (χ4n) is 4.71. The minimum absolute atomic E-state index is 0.101. The maximum atomic E-state index is 10.5. The smallest absolute Gasteiger partial charge is 0.250 e. The highest BCUT2D eigenvalue weighted by atomic mass is 28.4. The Morgan fingerprint density at radius 2 is 1.09 bits per heavy atom. The zero-order valence-electron chi connectivity index (χ0n) is 26.5. The van der Waals surface area contributed by atoms with Gasteiger partial charge >= 0.3 is 0 Å². The lowest BCUT2D eigenvalue weighted by Gasteiger charge is -2.39. The molecular formula is C32H46O13Si. The van der Waals surface area contributed by atoms with E-state index < -0.39 is 82.9 Å². The summed E-state index contributed by atoms with van der Waals surface area (Å²) in [5.74, 6) is 1.11. The number of benzene rings is 2. The van der Waals surface area contributed by atoms with Gasteiger partial charge in [-0.2, -0.15) is 0 Å². The van der Waals surface area contributed by atoms with Gasteiger partial charge < -0.3 is 64.2 Å². The Labute approximate surface area is 269 Å². The van der Waals surface area contributed by atoms with Crippen LogP contribution in [0.3, 0.4) is 0 Å². The van der Waals surface area contributed by atoms with Gasteiger partial charge in [0.2, 0.25) is 20.9 Å². The van der Waals surface area contributed by atoms with Gasteiger partial charge in [0.15, 0.2) is 0 Å². The van der Waals surface area contributed by atoms with E-state index in [1.165, 1.54) is 0 Å². The molecule has 0 radical (unpaired) electrons. The fraction of sp³-hybridized carbons (Fsp3) is 0.562. The second-order valence-electron chi connectivity index (χ2n) is 13.1. The Balaban J connectivity index is 1.54. The third-order valence-electron chi connectivity index (χ3n) is 8.63. The van der Waals surface area contributed by atoms with Crippen molar-refractivity contribution >= 4 is 20.5 Å². The summed E-state index contributed by atoms with van der Waals surface area (Å²) in [4.78, 5) is 0. The van der Waals surface area contributed by atoms with E-state index in [1.807, 2.05) is 18.2 Å². The molecule has 2 aliphatic heterocycles. The molecule has 2 saturated heterocycles. The Morgan fingerprint density at radius 3 is 1.57 bits per heavy atom. The van der Waals surface area contributed by atoms with Crippen molar-refractivity contribution in [2.75, 3.05) is 13.2 Å². The Hall–Kier alpha value is -2.60. The zero-order chi connectivity index (χ0) is 34.0. The van der Waals surface area contributed by atoms with Crippen molar-refractivity contribution in [3.8, 4) is 17.2 Å². The molecule has 0 bridgehead atoms. The maximum absolute atomic E-state index is 10.5. The molecule has 0 amide bonds. The van der Waals surface area contributed by atoms with E-state index in [2.05, 4.69) is 33.9 Å². The van der Waals surface area contributed by atoms with E-state index in [0.29, 0.717) is 17.1 Å². The summed E-state index contributed by atoms with van der Waals surface area (Å²) in [6, 6.07) is 11.9. The van der Waals surface area contributed by atoms with Crippen molar-refractivity contribution in [1.82, 2.24) is 0 Å². The molecule has 0 spiro atoms. The van der Waals surface area contributed by atoms with Gasteiger partial charge in [0.05, 0.1) is 13.2 Å². The molecule has 0 aromatic heterocycles. The number of aliphatic hydroxyl groups is 8. The number of ether oxygens (including phenoxy) is 4. The van der Waals surface area contributed by atoms with E-state index in [0.717, 1.165) is 5.56 Å². The molecule has 0 unspecified atom stereocenters. The van der Waals surface area contributed by atoms with Crippen LogP contribution in [-0.2, 0) is 9.47 Å². The third-order valence-corrected chi connectivity index (χ3v) is 13.0. The first-order chi connectivity index (χ1) is 21.5. The van der Waals surface area contributed by atoms with E-state index in [9.17, 15) is 40.9 Å². The average Bonchev–Trinajstić information content (AvgIpc) is 3.00. The summed E-state index contributed by atoms with van der Waals surface area (Å²) >= 11 is 0. The number of hydrogen-bond acceptors (Lipinski definition) is 13. The first-order valence-corrected chi connectivity index (χ1v) is 18.0. The predicted molar refractivity (Wildman–Crippen MR) is 168 cm³/mol. The monoisotopic (exact) mass is 666 g/mol. The van der Waals surface area contributed by atoms with Crippen molar-refractivity contribution in [2.24, 2.45) is 0 Å². The maximum Gasteiger partial charge on any atom is 0.250 e. The average molecular weight is 667 g/mol. The SMILES string of the molecule is CC(C)(C)[Si](C)(C)Oc1cc(/C=C/c2ccc(O[C@@H]3O[C@H](CO)[C@@H](O)[C@H](O)[C@H]3O)cc2)cc(O[C@@H]2O[C@H](CO)[C@@H](O)[C@H](O)[C@H]2O)c1. The molecule has 0 saturated carbocycles. The molecule has 4 rings (SSSR count). The molecule has 14 heteroatoms. The molecule has 46 heavy (non-hydrogen) atoms. The topological polar surface area (TPSA) is 208 Å². The molecule has 13 nitrogen and oxygen atoms in total. The van der Waals surface area contributed by atoms with Crippen molar-refractivity contribution < 1.29 is 64.2 Å². The first kappa shape index (κ1) is 36.2. The highest BCUT2D eigenvalue weighted by Crippen LogP contribution is 2.39. The summed E-state index contributed by atoms with van der Waals surface area (Å²) in [5, 5.41) is 80.0. The summed E-state index contributed by atoms with van der Waals surface area (Å²) < 4.78 is 29.0. The Bertz CT molecular complexity index is 1310. The highest BCUT2D eigenvalue weighted by molar-refractivity contribution is 6.74. The fourth-order valence-corrected chi connectivity index (χ4v) is 5.73. The van der Waals surface area contributed by atoms with Crippen LogP contribution in [0.15, 0.2) is 42.5 Å². The largest absolute Gasteiger partial charge is 0.543 e. The molecule has 8 N–H and O–H groups in total. The molecular weight excluding hydrogens is 620 g/mol. The van der Waals surface area contributed by atoms with Crippen LogP contribution >= 0.6 is 0 Å². The molecule has 10 atom stereocenters. The van der Waals surface area contributed by atoms with Crippen LogP contribution in [0.1, 0.15) is 31.9 Å². The quantitative estimate of drug-likeness (QED) is 0.129. The zero-order valence-corrected chi connectivity index (χ0v) is 27.5. The highest BCUT2D eigenvalue weighted by Gasteiger charge is 2.46. The number of hydrogen-bond donors (Lipinski definition) is 8. The van der Waals surface area contributed by atoms with Gasteiger partial charge in [-0.25, -0.2) is 0 Å². The predicted octanol–water partition coefficient (Wildman–Crippen LogP) is 0.598. The van der Waals surface area contributed by atoms with Gasteiger partial charge in [-0.15, -0.1) is 0 Å². The molecule has 2 heterocycles. The minimum atomic E-state index is -2.28. The van der Waals surface area contributed by atoms with Crippen LogP contribution in [0, 0.1) is 0 Å². The van der Waals surface area contributed by atoms with E-state index in [1.54, 1.807) is 36.4 Å². The van der Waals surface area contributed by atoms with Crippen LogP contribution in [0.2, 0.25) is 18.1 Å². The van der Waals surface area contributed by atoms with Gasteiger partial charge in [0.25, 0.3) is 0 Å². The van der Waals surface area contributed by atoms with Crippen LogP contribution in [0.25, 0.3) is 12.2 Å². The van der Waals surface area contributed by atoms with Crippen molar-refractivity contribution in [3.05, 3.63) is 53.6 Å². The van der Waals surface area contributed by atoms with Crippen LogP contribution in [0.5, 0.6) is 17.2 Å². The standard InChI is InChI=1S/C32H46O13Si/c1-32(2,3)46(4,5)45-21-13-18(12-20(14-21)42-31-29(40)27(38)25(36)23(16-34)44-31)7-6-17-8-10-19(11-9-17)41-30-28(39)26(37)24(35)22(15-33)43-30/h6-14,22-31,33-40H,15-16H2,1-5H3/b7-6+/t22-,23-,24-,25-,26+,27+,28-,29-,30-,31-/m1/s1. The minimum Gasteiger partial charge on any atom is -0.543 e. The Kier molecular flexibility index (Phi) is 11.5. The van der Waals surface area contributed by atoms with Crippen molar-refractivity contribution in [1.29, 1.82) is 0 Å². The van der Waals surface area contributed by atoms with Crippen LogP contribution in [0.4, 0.5) is 0 Å². The van der Waals surface area contributed by atoms with Crippen molar-refractivity contribution in [3.63, 3.8) is 0 Å². The lowest BCUT2D eigenvalue weighted by Crippen LogP contribution is -2.60. The van der Waals surface area contributed by atoms with Gasteiger partial charge in [-0.1, -0.05) is 45.1 Å². The molecule has 0 aliphatic carbocycles. The third kappa shape index (κ3) is 8.27. The van der Waals surface area contributed by atoms with Gasteiger partial charge in [0, 0.05) is 6.07 Å². The lowest BCUT2D eigenvalue weighted by molar-refractivity contribution is -0.277. The van der Waals surface area contributed by atoms with Crippen LogP contribution < -0.4 is 13.9 Å². The lowest BCUT2D eigenvalue weighted by atomic mass is 9.99. The van der Waals surface area contributed by atoms with E-state index in [4.69, 9.17) is 23.4 Å².